The maximum absolute atomic E-state index is 12.2. The lowest BCUT2D eigenvalue weighted by Gasteiger charge is -2.20. The topological polar surface area (TPSA) is 91.6 Å². The van der Waals surface area contributed by atoms with Gasteiger partial charge in [0, 0.05) is 25.6 Å². The molecule has 2 aliphatic heterocycles. The molecule has 3 aliphatic rings. The number of aromatic nitrogens is 2. The summed E-state index contributed by atoms with van der Waals surface area (Å²) in [6.07, 6.45) is 3.30. The van der Waals surface area contributed by atoms with E-state index in [1.165, 1.54) is 4.90 Å². The predicted molar refractivity (Wildman–Crippen MR) is 84.4 cm³/mol. The Morgan fingerprint density at radius 2 is 2.00 bits per heavy atom. The largest absolute Gasteiger partial charge is 0.339 e. The third kappa shape index (κ3) is 2.79. The minimum Gasteiger partial charge on any atom is -0.339 e. The Morgan fingerprint density at radius 1 is 1.21 bits per heavy atom. The molecule has 24 heavy (non-hydrogen) atoms. The van der Waals surface area contributed by atoms with Crippen molar-refractivity contribution in [1.29, 1.82) is 0 Å². The molecule has 1 atom stereocenters. The molecule has 3 fully saturated rings. The molecule has 4 rings (SSSR count). The summed E-state index contributed by atoms with van der Waals surface area (Å²) in [4.78, 5) is 32.2. The minimum absolute atomic E-state index is 0.158. The Hall–Kier alpha value is -1.96. The van der Waals surface area contributed by atoms with Crippen LogP contribution in [0.2, 0.25) is 0 Å². The van der Waals surface area contributed by atoms with Gasteiger partial charge in [-0.1, -0.05) is 5.16 Å². The molecular formula is C16H23N5O3. The fraction of sp³-hybridized carbons (Fsp3) is 0.750. The number of urea groups is 1. The number of rotatable bonds is 5. The highest BCUT2D eigenvalue weighted by Gasteiger charge is 2.44. The number of carbonyl (C=O) groups excluding carboxylic acids is 2. The molecule has 2 saturated heterocycles. The number of imide groups is 1. The van der Waals surface area contributed by atoms with Crippen LogP contribution in [0.15, 0.2) is 4.52 Å². The van der Waals surface area contributed by atoms with Gasteiger partial charge in [0.1, 0.15) is 5.54 Å². The van der Waals surface area contributed by atoms with Gasteiger partial charge < -0.3 is 14.7 Å². The first-order valence-corrected chi connectivity index (χ1v) is 8.64. The second kappa shape index (κ2) is 5.54. The van der Waals surface area contributed by atoms with E-state index in [0.29, 0.717) is 19.0 Å². The highest BCUT2D eigenvalue weighted by Crippen LogP contribution is 2.39. The van der Waals surface area contributed by atoms with Gasteiger partial charge in [0.05, 0.1) is 5.92 Å². The van der Waals surface area contributed by atoms with Crippen LogP contribution in [0.1, 0.15) is 56.7 Å². The molecule has 0 radical (unpaired) electrons. The van der Waals surface area contributed by atoms with Crippen LogP contribution in [0, 0.1) is 0 Å². The molecule has 1 aromatic heterocycles. The van der Waals surface area contributed by atoms with Gasteiger partial charge in [-0.25, -0.2) is 4.79 Å². The molecule has 0 bridgehead atoms. The molecule has 1 saturated carbocycles. The van der Waals surface area contributed by atoms with Gasteiger partial charge in [-0.3, -0.25) is 9.69 Å². The van der Waals surface area contributed by atoms with Crippen LogP contribution in [0.4, 0.5) is 4.79 Å². The van der Waals surface area contributed by atoms with E-state index in [1.54, 1.807) is 13.8 Å². The summed E-state index contributed by atoms with van der Waals surface area (Å²) in [7, 11) is 0. The zero-order valence-corrected chi connectivity index (χ0v) is 14.1. The number of likely N-dealkylation sites (tertiary alicyclic amines) is 1. The average molecular weight is 333 g/mol. The van der Waals surface area contributed by atoms with Crippen LogP contribution in [0.5, 0.6) is 0 Å². The number of nitrogens with zero attached hydrogens (tertiary/aromatic N) is 4. The van der Waals surface area contributed by atoms with Gasteiger partial charge in [0.25, 0.3) is 5.91 Å². The summed E-state index contributed by atoms with van der Waals surface area (Å²) in [6.45, 7) is 6.30. The monoisotopic (exact) mass is 333 g/mol. The molecule has 1 unspecified atom stereocenters. The molecule has 8 nitrogen and oxygen atoms in total. The van der Waals surface area contributed by atoms with Crippen LogP contribution in [-0.4, -0.2) is 63.6 Å². The summed E-state index contributed by atoms with van der Waals surface area (Å²) in [5.41, 5.74) is -0.798. The number of hydrogen-bond donors (Lipinski definition) is 1. The smallest absolute Gasteiger partial charge is 0.325 e. The molecule has 8 heteroatoms. The Balaban J connectivity index is 1.31. The summed E-state index contributed by atoms with van der Waals surface area (Å²) in [5.74, 6) is 2.18. The predicted octanol–water partition coefficient (Wildman–Crippen LogP) is 1.07. The third-order valence-electron chi connectivity index (χ3n) is 5.11. The van der Waals surface area contributed by atoms with Gasteiger partial charge in [-0.2, -0.15) is 4.98 Å². The Morgan fingerprint density at radius 3 is 2.67 bits per heavy atom. The summed E-state index contributed by atoms with van der Waals surface area (Å²) < 4.78 is 5.42. The van der Waals surface area contributed by atoms with E-state index in [4.69, 9.17) is 4.52 Å². The number of hydrogen-bond acceptors (Lipinski definition) is 6. The standard InChI is InChI=1S/C16H23N5O3/c1-16(2)14(22)21(15(23)18-16)8-7-20-6-5-11(9-20)13-17-12(19-24-13)10-3-4-10/h10-11H,3-9H2,1-2H3,(H,18,23). The summed E-state index contributed by atoms with van der Waals surface area (Å²) >= 11 is 0. The van der Waals surface area contributed by atoms with E-state index in [2.05, 4.69) is 20.4 Å². The quantitative estimate of drug-likeness (QED) is 0.810. The Kier molecular flexibility index (Phi) is 3.59. The van der Waals surface area contributed by atoms with Crippen LogP contribution >= 0.6 is 0 Å². The van der Waals surface area contributed by atoms with Crippen molar-refractivity contribution in [3.63, 3.8) is 0 Å². The van der Waals surface area contributed by atoms with E-state index in [-0.39, 0.29) is 17.9 Å². The van der Waals surface area contributed by atoms with Gasteiger partial charge in [-0.15, -0.1) is 0 Å². The first-order valence-electron chi connectivity index (χ1n) is 8.64. The molecule has 1 aromatic rings. The van der Waals surface area contributed by atoms with Gasteiger partial charge in [0.15, 0.2) is 5.82 Å². The van der Waals surface area contributed by atoms with Crippen molar-refractivity contribution in [2.24, 2.45) is 0 Å². The van der Waals surface area contributed by atoms with Crippen LogP contribution in [0.25, 0.3) is 0 Å². The lowest BCUT2D eigenvalue weighted by molar-refractivity contribution is -0.130. The Labute approximate surface area is 140 Å². The molecular weight excluding hydrogens is 310 g/mol. The molecule has 0 aromatic carbocycles. The molecule has 130 valence electrons. The van der Waals surface area contributed by atoms with Crippen molar-refractivity contribution >= 4 is 11.9 Å². The summed E-state index contributed by atoms with van der Waals surface area (Å²) in [6, 6.07) is -0.299. The highest BCUT2D eigenvalue weighted by molar-refractivity contribution is 6.06. The second-order valence-electron chi connectivity index (χ2n) is 7.56. The van der Waals surface area contributed by atoms with Crippen molar-refractivity contribution in [2.75, 3.05) is 26.2 Å². The first kappa shape index (κ1) is 15.6. The van der Waals surface area contributed by atoms with Crippen molar-refractivity contribution in [2.45, 2.75) is 50.5 Å². The maximum atomic E-state index is 12.2. The van der Waals surface area contributed by atoms with Gasteiger partial charge in [0.2, 0.25) is 5.89 Å². The minimum atomic E-state index is -0.798. The summed E-state index contributed by atoms with van der Waals surface area (Å²) in [5, 5.41) is 6.79. The molecule has 3 amide bonds. The molecule has 1 N–H and O–H groups in total. The third-order valence-corrected chi connectivity index (χ3v) is 5.11. The van der Waals surface area contributed by atoms with Crippen molar-refractivity contribution in [3.05, 3.63) is 11.7 Å². The van der Waals surface area contributed by atoms with E-state index in [1.807, 2.05) is 0 Å². The van der Waals surface area contributed by atoms with Gasteiger partial charge >= 0.3 is 6.03 Å². The van der Waals surface area contributed by atoms with Crippen molar-refractivity contribution in [1.82, 2.24) is 25.3 Å². The first-order chi connectivity index (χ1) is 11.4. The van der Waals surface area contributed by atoms with Gasteiger partial charge in [-0.05, 0) is 39.7 Å². The zero-order chi connectivity index (χ0) is 16.9. The maximum Gasteiger partial charge on any atom is 0.325 e. The van der Waals surface area contributed by atoms with E-state index < -0.39 is 5.54 Å². The number of amides is 3. The molecule has 3 heterocycles. The van der Waals surface area contributed by atoms with Crippen molar-refractivity contribution in [3.8, 4) is 0 Å². The fourth-order valence-electron chi connectivity index (χ4n) is 3.42. The fourth-order valence-corrected chi connectivity index (χ4v) is 3.42. The molecule has 0 spiro atoms. The van der Waals surface area contributed by atoms with Crippen LogP contribution in [-0.2, 0) is 4.79 Å². The van der Waals surface area contributed by atoms with Crippen LogP contribution < -0.4 is 5.32 Å². The lowest BCUT2D eigenvalue weighted by Crippen LogP contribution is -2.41. The van der Waals surface area contributed by atoms with E-state index in [9.17, 15) is 9.59 Å². The number of carbonyl (C=O) groups is 2. The lowest BCUT2D eigenvalue weighted by atomic mass is 10.1. The van der Waals surface area contributed by atoms with E-state index >= 15 is 0 Å². The Bertz CT molecular complexity index is 666. The zero-order valence-electron chi connectivity index (χ0n) is 14.1. The highest BCUT2D eigenvalue weighted by atomic mass is 16.5. The second-order valence-corrected chi connectivity index (χ2v) is 7.56. The average Bonchev–Trinajstić information content (AvgIpc) is 3.01. The van der Waals surface area contributed by atoms with E-state index in [0.717, 1.165) is 44.1 Å². The SMILES string of the molecule is CC1(C)NC(=O)N(CCN2CCC(c3nc(C4CC4)no3)C2)C1=O. The van der Waals surface area contributed by atoms with Crippen LogP contribution in [0.3, 0.4) is 0 Å². The van der Waals surface area contributed by atoms with Crippen molar-refractivity contribution < 1.29 is 14.1 Å². The number of nitrogens with one attached hydrogen (secondary N) is 1. The molecule has 1 aliphatic carbocycles. The normalized spacial score (nSPS) is 27.1.